The fraction of sp³-hybridized carbons (Fsp3) is 0.667. The van der Waals surface area contributed by atoms with Crippen LogP contribution < -0.4 is 5.32 Å². The Morgan fingerprint density at radius 1 is 1.21 bits per heavy atom. The van der Waals surface area contributed by atoms with Gasteiger partial charge in [-0.1, -0.05) is 39.8 Å². The summed E-state index contributed by atoms with van der Waals surface area (Å²) in [7, 11) is 1.40. The third-order valence-corrected chi connectivity index (χ3v) is 7.98. The summed E-state index contributed by atoms with van der Waals surface area (Å²) in [4.78, 5) is 24.4. The highest BCUT2D eigenvalue weighted by molar-refractivity contribution is 5.89. The summed E-state index contributed by atoms with van der Waals surface area (Å²) in [6.07, 6.45) is 3.30. The van der Waals surface area contributed by atoms with Crippen molar-refractivity contribution in [1.82, 2.24) is 5.32 Å². The van der Waals surface area contributed by atoms with Crippen molar-refractivity contribution >= 4 is 11.9 Å². The summed E-state index contributed by atoms with van der Waals surface area (Å²) in [5.41, 5.74) is 1.85. The number of carbonyl (C=O) groups is 2. The molecule has 3 fully saturated rings. The molecule has 158 valence electrons. The van der Waals surface area contributed by atoms with Crippen LogP contribution in [0.15, 0.2) is 24.3 Å². The van der Waals surface area contributed by atoms with Gasteiger partial charge in [-0.25, -0.2) is 4.79 Å². The number of carbonyl (C=O) groups excluding carboxylic acids is 2. The molecule has 1 N–H and O–H groups in total. The zero-order valence-corrected chi connectivity index (χ0v) is 18.2. The Balaban J connectivity index is 1.64. The highest BCUT2D eigenvalue weighted by atomic mass is 16.5. The van der Waals surface area contributed by atoms with Crippen LogP contribution in [0, 0.1) is 28.6 Å². The Labute approximate surface area is 173 Å². The van der Waals surface area contributed by atoms with Crippen LogP contribution in [-0.4, -0.2) is 31.6 Å². The van der Waals surface area contributed by atoms with Gasteiger partial charge in [-0.15, -0.1) is 0 Å². The first-order valence-corrected chi connectivity index (χ1v) is 10.8. The van der Waals surface area contributed by atoms with E-state index in [0.29, 0.717) is 24.0 Å². The van der Waals surface area contributed by atoms with Crippen LogP contribution in [0.1, 0.15) is 69.0 Å². The first-order valence-electron chi connectivity index (χ1n) is 10.8. The predicted octanol–water partition coefficient (Wildman–Crippen LogP) is 4.13. The maximum atomic E-state index is 12.6. The van der Waals surface area contributed by atoms with Gasteiger partial charge in [0.25, 0.3) is 0 Å². The molecule has 3 aliphatic rings. The van der Waals surface area contributed by atoms with E-state index in [-0.39, 0.29) is 40.8 Å². The lowest BCUT2D eigenvalue weighted by Gasteiger charge is -2.53. The van der Waals surface area contributed by atoms with E-state index in [1.54, 1.807) is 0 Å². The van der Waals surface area contributed by atoms with E-state index < -0.39 is 0 Å². The normalized spacial score (nSPS) is 34.7. The van der Waals surface area contributed by atoms with Crippen molar-refractivity contribution in [1.29, 1.82) is 0 Å². The third-order valence-electron chi connectivity index (χ3n) is 7.98. The van der Waals surface area contributed by atoms with E-state index in [4.69, 9.17) is 9.47 Å². The molecule has 5 atom stereocenters. The molecule has 2 bridgehead atoms. The molecule has 5 heteroatoms. The molecule has 1 aromatic carbocycles. The summed E-state index contributed by atoms with van der Waals surface area (Å²) in [5, 5.41) is 3.44. The van der Waals surface area contributed by atoms with Crippen molar-refractivity contribution in [3.05, 3.63) is 35.4 Å². The molecule has 1 aliphatic heterocycles. The Hall–Kier alpha value is -1.88. The lowest BCUT2D eigenvalue weighted by atomic mass is 9.58. The second-order valence-corrected chi connectivity index (χ2v) is 10.0. The number of nitrogens with one attached hydrogen (secondary N) is 1. The van der Waals surface area contributed by atoms with Crippen molar-refractivity contribution in [2.24, 2.45) is 28.6 Å². The van der Waals surface area contributed by atoms with E-state index in [1.165, 1.54) is 7.11 Å². The Morgan fingerprint density at radius 2 is 1.90 bits per heavy atom. The minimum absolute atomic E-state index is 0.00926. The standard InChI is InChI=1S/C24H33NO4/c1-14(2)20(26)25-22-23(3,4)17-12-18-19(29-11-10-24(18,22)13-17)15-6-8-16(9-7-15)21(27)28-5/h6-9,14,17-19,22H,10-13H2,1-5H3,(H,25,26)/t17-,18-,19-,22+,24-/m1/s1. The molecule has 0 radical (unpaired) electrons. The second-order valence-electron chi connectivity index (χ2n) is 10.0. The number of hydrogen-bond acceptors (Lipinski definition) is 4. The largest absolute Gasteiger partial charge is 0.465 e. The summed E-state index contributed by atoms with van der Waals surface area (Å²) in [6, 6.07) is 7.81. The number of esters is 1. The second kappa shape index (κ2) is 7.12. The van der Waals surface area contributed by atoms with Gasteiger partial charge in [0.15, 0.2) is 0 Å². The lowest BCUT2D eigenvalue weighted by Crippen LogP contribution is -2.59. The summed E-state index contributed by atoms with van der Waals surface area (Å²) in [6.45, 7) is 9.27. The van der Waals surface area contributed by atoms with E-state index in [0.717, 1.165) is 24.8 Å². The summed E-state index contributed by atoms with van der Waals surface area (Å²) >= 11 is 0. The zero-order valence-electron chi connectivity index (χ0n) is 18.2. The molecule has 0 unspecified atom stereocenters. The summed E-state index contributed by atoms with van der Waals surface area (Å²) < 4.78 is 11.1. The summed E-state index contributed by atoms with van der Waals surface area (Å²) in [5.74, 6) is 0.783. The van der Waals surface area contributed by atoms with Gasteiger partial charge in [0.05, 0.1) is 18.8 Å². The average molecular weight is 400 g/mol. The van der Waals surface area contributed by atoms with Crippen LogP contribution in [0.5, 0.6) is 0 Å². The minimum atomic E-state index is -0.323. The average Bonchev–Trinajstić information content (AvgIpc) is 3.19. The number of amides is 1. The topological polar surface area (TPSA) is 64.6 Å². The van der Waals surface area contributed by atoms with Crippen LogP contribution in [0.25, 0.3) is 0 Å². The quantitative estimate of drug-likeness (QED) is 0.774. The molecule has 2 saturated carbocycles. The van der Waals surface area contributed by atoms with Gasteiger partial charge in [-0.05, 0) is 59.6 Å². The van der Waals surface area contributed by atoms with Crippen molar-refractivity contribution in [3.8, 4) is 0 Å². The molecule has 29 heavy (non-hydrogen) atoms. The van der Waals surface area contributed by atoms with Crippen molar-refractivity contribution in [2.45, 2.75) is 59.1 Å². The number of rotatable bonds is 4. The zero-order chi connectivity index (χ0) is 21.0. The van der Waals surface area contributed by atoms with Gasteiger partial charge >= 0.3 is 5.97 Å². The van der Waals surface area contributed by atoms with Crippen molar-refractivity contribution in [2.75, 3.05) is 13.7 Å². The number of hydrogen-bond donors (Lipinski definition) is 1. The highest BCUT2D eigenvalue weighted by Gasteiger charge is 2.68. The molecule has 1 spiro atoms. The molecule has 1 amide bonds. The predicted molar refractivity (Wildman–Crippen MR) is 110 cm³/mol. The van der Waals surface area contributed by atoms with Crippen LogP contribution in [-0.2, 0) is 14.3 Å². The molecule has 2 aliphatic carbocycles. The van der Waals surface area contributed by atoms with Gasteiger partial charge in [-0.2, -0.15) is 0 Å². The number of ether oxygens (including phenoxy) is 2. The first-order chi connectivity index (χ1) is 13.7. The SMILES string of the molecule is COC(=O)c1ccc([C@H]2OCC[C@@]34C[C@@H](C[C@H]23)C(C)(C)[C@@H]4NC(=O)C(C)C)cc1. The van der Waals surface area contributed by atoms with E-state index in [1.807, 2.05) is 38.1 Å². The molecule has 4 rings (SSSR count). The van der Waals surface area contributed by atoms with E-state index in [2.05, 4.69) is 19.2 Å². The number of fused-ring (bicyclic) bond motifs is 1. The minimum Gasteiger partial charge on any atom is -0.465 e. The van der Waals surface area contributed by atoms with Gasteiger partial charge in [0.2, 0.25) is 5.91 Å². The highest BCUT2D eigenvalue weighted by Crippen LogP contribution is 2.70. The van der Waals surface area contributed by atoms with Crippen LogP contribution in [0.2, 0.25) is 0 Å². The third kappa shape index (κ3) is 3.09. The molecular formula is C24H33NO4. The van der Waals surface area contributed by atoms with Gasteiger partial charge in [0.1, 0.15) is 0 Å². The maximum absolute atomic E-state index is 12.6. The van der Waals surface area contributed by atoms with E-state index in [9.17, 15) is 9.59 Å². The molecular weight excluding hydrogens is 366 g/mol. The molecule has 1 heterocycles. The van der Waals surface area contributed by atoms with E-state index >= 15 is 0 Å². The Morgan fingerprint density at radius 3 is 2.52 bits per heavy atom. The molecule has 1 aromatic rings. The molecule has 0 aromatic heterocycles. The van der Waals surface area contributed by atoms with Crippen molar-refractivity contribution in [3.63, 3.8) is 0 Å². The fourth-order valence-electron chi connectivity index (χ4n) is 6.35. The molecule has 1 saturated heterocycles. The smallest absolute Gasteiger partial charge is 0.337 e. The van der Waals surface area contributed by atoms with Crippen LogP contribution >= 0.6 is 0 Å². The fourth-order valence-corrected chi connectivity index (χ4v) is 6.35. The van der Waals surface area contributed by atoms with Crippen LogP contribution in [0.3, 0.4) is 0 Å². The Kier molecular flexibility index (Phi) is 5.01. The van der Waals surface area contributed by atoms with Crippen molar-refractivity contribution < 1.29 is 19.1 Å². The van der Waals surface area contributed by atoms with Gasteiger partial charge in [0, 0.05) is 18.6 Å². The maximum Gasteiger partial charge on any atom is 0.337 e. The number of methoxy groups -OCH3 is 1. The Bertz CT molecular complexity index is 800. The number of benzene rings is 1. The molecule has 5 nitrogen and oxygen atoms in total. The monoisotopic (exact) mass is 399 g/mol. The van der Waals surface area contributed by atoms with Gasteiger partial charge < -0.3 is 14.8 Å². The van der Waals surface area contributed by atoms with Gasteiger partial charge in [-0.3, -0.25) is 4.79 Å². The van der Waals surface area contributed by atoms with Crippen LogP contribution in [0.4, 0.5) is 0 Å². The first kappa shape index (κ1) is 20.4. The lowest BCUT2D eigenvalue weighted by molar-refractivity contribution is -0.139.